The van der Waals surface area contributed by atoms with Gasteiger partial charge in [-0.05, 0) is 80.5 Å². The van der Waals surface area contributed by atoms with Crippen LogP contribution in [0.1, 0.15) is 62.2 Å². The molecule has 0 saturated heterocycles. The topological polar surface area (TPSA) is 43.4 Å². The molecule has 4 bridgehead atoms. The van der Waals surface area contributed by atoms with Crippen molar-refractivity contribution in [3.05, 3.63) is 29.8 Å². The number of carbonyl (C=O) groups excluding carboxylic acids is 2. The average molecular weight is 312 g/mol. The number of hydrogen-bond acceptors (Lipinski definition) is 3. The van der Waals surface area contributed by atoms with Crippen LogP contribution in [0.15, 0.2) is 24.3 Å². The predicted octanol–water partition coefficient (Wildman–Crippen LogP) is 4.40. The van der Waals surface area contributed by atoms with E-state index in [4.69, 9.17) is 4.74 Å². The van der Waals surface area contributed by atoms with Gasteiger partial charge in [0.2, 0.25) is 0 Å². The second-order valence-corrected chi connectivity index (χ2v) is 7.89. The van der Waals surface area contributed by atoms with E-state index in [1.165, 1.54) is 19.3 Å². The largest absolute Gasteiger partial charge is 0.426 e. The fourth-order valence-electron chi connectivity index (χ4n) is 5.49. The highest BCUT2D eigenvalue weighted by Gasteiger charge is 2.55. The van der Waals surface area contributed by atoms with Gasteiger partial charge in [-0.15, -0.1) is 0 Å². The van der Waals surface area contributed by atoms with E-state index in [2.05, 4.69) is 0 Å². The Labute approximate surface area is 137 Å². The van der Waals surface area contributed by atoms with Crippen LogP contribution in [0.3, 0.4) is 0 Å². The maximum absolute atomic E-state index is 12.9. The summed E-state index contributed by atoms with van der Waals surface area (Å²) in [5.74, 6) is 2.85. The standard InChI is InChI=1S/C20H24O3/c1-2-18(21)16-3-5-17(6-4-16)23-19(22)20-10-13-7-14(11-20)9-15(8-13)12-20/h3-6,13-15H,2,7-12H2,1H3. The second-order valence-electron chi connectivity index (χ2n) is 7.89. The summed E-state index contributed by atoms with van der Waals surface area (Å²) in [4.78, 5) is 24.5. The number of ketones is 1. The molecule has 23 heavy (non-hydrogen) atoms. The third-order valence-electron chi connectivity index (χ3n) is 6.18. The fraction of sp³-hybridized carbons (Fsp3) is 0.600. The summed E-state index contributed by atoms with van der Waals surface area (Å²) in [6.07, 6.45) is 7.51. The Hall–Kier alpha value is -1.64. The molecule has 3 heteroatoms. The number of Topliss-reactive ketones (excluding diaryl/α,β-unsaturated/α-hetero) is 1. The van der Waals surface area contributed by atoms with Gasteiger partial charge in [0.25, 0.3) is 0 Å². The number of hydrogen-bond donors (Lipinski definition) is 0. The lowest BCUT2D eigenvalue weighted by Gasteiger charge is -2.55. The normalized spacial score (nSPS) is 34.4. The van der Waals surface area contributed by atoms with Crippen LogP contribution < -0.4 is 4.74 Å². The molecule has 3 nitrogen and oxygen atoms in total. The van der Waals surface area contributed by atoms with Gasteiger partial charge < -0.3 is 4.74 Å². The number of esters is 1. The molecule has 0 unspecified atom stereocenters. The average Bonchev–Trinajstić information content (AvgIpc) is 2.53. The minimum absolute atomic E-state index is 0.0360. The lowest BCUT2D eigenvalue weighted by atomic mass is 9.49. The third-order valence-corrected chi connectivity index (χ3v) is 6.18. The summed E-state index contributed by atoms with van der Waals surface area (Å²) in [6, 6.07) is 7.02. The molecule has 122 valence electrons. The van der Waals surface area contributed by atoms with Crippen molar-refractivity contribution in [2.45, 2.75) is 51.9 Å². The lowest BCUT2D eigenvalue weighted by molar-refractivity contribution is -0.161. The van der Waals surface area contributed by atoms with E-state index in [9.17, 15) is 9.59 Å². The number of benzene rings is 1. The van der Waals surface area contributed by atoms with Crippen molar-refractivity contribution >= 4 is 11.8 Å². The van der Waals surface area contributed by atoms with Crippen molar-refractivity contribution in [2.24, 2.45) is 23.2 Å². The van der Waals surface area contributed by atoms with E-state index in [1.54, 1.807) is 24.3 Å². The van der Waals surface area contributed by atoms with E-state index in [1.807, 2.05) is 6.92 Å². The monoisotopic (exact) mass is 312 g/mol. The zero-order valence-corrected chi connectivity index (χ0v) is 13.7. The zero-order chi connectivity index (χ0) is 16.0. The van der Waals surface area contributed by atoms with Gasteiger partial charge in [0, 0.05) is 12.0 Å². The van der Waals surface area contributed by atoms with Gasteiger partial charge in [-0.25, -0.2) is 0 Å². The minimum atomic E-state index is -0.230. The van der Waals surface area contributed by atoms with E-state index >= 15 is 0 Å². The van der Waals surface area contributed by atoms with Crippen molar-refractivity contribution in [1.82, 2.24) is 0 Å². The molecule has 4 aliphatic carbocycles. The molecule has 0 aromatic heterocycles. The van der Waals surface area contributed by atoms with Crippen molar-refractivity contribution in [3.63, 3.8) is 0 Å². The first-order valence-electron chi connectivity index (χ1n) is 8.93. The molecule has 0 aliphatic heterocycles. The van der Waals surface area contributed by atoms with Crippen LogP contribution in [-0.2, 0) is 4.79 Å². The molecule has 0 atom stereocenters. The molecule has 0 amide bonds. The van der Waals surface area contributed by atoms with E-state index in [0.29, 0.717) is 17.7 Å². The minimum Gasteiger partial charge on any atom is -0.426 e. The maximum atomic E-state index is 12.9. The Morgan fingerprint density at radius 2 is 1.52 bits per heavy atom. The van der Waals surface area contributed by atoms with Crippen LogP contribution in [0, 0.1) is 23.2 Å². The molecule has 4 fully saturated rings. The van der Waals surface area contributed by atoms with Gasteiger partial charge in [0.05, 0.1) is 5.41 Å². The molecule has 4 aliphatic rings. The van der Waals surface area contributed by atoms with Crippen molar-refractivity contribution in [1.29, 1.82) is 0 Å². The Bertz CT molecular complexity index is 594. The molecular formula is C20H24O3. The van der Waals surface area contributed by atoms with Crippen molar-refractivity contribution < 1.29 is 14.3 Å². The van der Waals surface area contributed by atoms with Crippen molar-refractivity contribution in [3.8, 4) is 5.75 Å². The SMILES string of the molecule is CCC(=O)c1ccc(OC(=O)C23CC4CC(CC(C4)C2)C3)cc1. The van der Waals surface area contributed by atoms with Gasteiger partial charge >= 0.3 is 5.97 Å². The third kappa shape index (κ3) is 2.60. The molecule has 0 spiro atoms. The summed E-state index contributed by atoms with van der Waals surface area (Å²) in [5, 5.41) is 0. The van der Waals surface area contributed by atoms with Crippen LogP contribution in [-0.4, -0.2) is 11.8 Å². The Balaban J connectivity index is 1.49. The molecule has 0 N–H and O–H groups in total. The molecule has 0 heterocycles. The highest BCUT2D eigenvalue weighted by Crippen LogP contribution is 2.60. The summed E-state index contributed by atoms with van der Waals surface area (Å²) in [5.41, 5.74) is 0.453. The number of carbonyl (C=O) groups is 2. The summed E-state index contributed by atoms with van der Waals surface area (Å²) in [6.45, 7) is 1.85. The second kappa shape index (κ2) is 5.47. The first kappa shape index (κ1) is 14.9. The molecule has 1 aromatic carbocycles. The highest BCUT2D eigenvalue weighted by atomic mass is 16.5. The predicted molar refractivity (Wildman–Crippen MR) is 87.3 cm³/mol. The number of ether oxygens (including phenoxy) is 1. The van der Waals surface area contributed by atoms with Crippen LogP contribution >= 0.6 is 0 Å². The molecule has 5 rings (SSSR count). The van der Waals surface area contributed by atoms with Crippen LogP contribution in [0.5, 0.6) is 5.75 Å². The first-order valence-corrected chi connectivity index (χ1v) is 8.93. The lowest BCUT2D eigenvalue weighted by Crippen LogP contribution is -2.51. The van der Waals surface area contributed by atoms with Gasteiger partial charge in [0.15, 0.2) is 5.78 Å². The van der Waals surface area contributed by atoms with Gasteiger partial charge in [0.1, 0.15) is 5.75 Å². The van der Waals surface area contributed by atoms with Crippen LogP contribution in [0.4, 0.5) is 0 Å². The number of rotatable bonds is 4. The summed E-state index contributed by atoms with van der Waals surface area (Å²) < 4.78 is 5.72. The van der Waals surface area contributed by atoms with E-state index in [-0.39, 0.29) is 17.2 Å². The molecule has 4 saturated carbocycles. The molecular weight excluding hydrogens is 288 g/mol. The Morgan fingerprint density at radius 1 is 1.00 bits per heavy atom. The quantitative estimate of drug-likeness (QED) is 0.470. The highest BCUT2D eigenvalue weighted by molar-refractivity contribution is 5.96. The van der Waals surface area contributed by atoms with Gasteiger partial charge in [-0.1, -0.05) is 6.92 Å². The molecule has 0 radical (unpaired) electrons. The first-order chi connectivity index (χ1) is 11.1. The van der Waals surface area contributed by atoms with Gasteiger partial charge in [-0.2, -0.15) is 0 Å². The Kier molecular flexibility index (Phi) is 3.55. The summed E-state index contributed by atoms with van der Waals surface area (Å²) >= 11 is 0. The Morgan fingerprint density at radius 3 is 2.00 bits per heavy atom. The van der Waals surface area contributed by atoms with E-state index in [0.717, 1.165) is 37.0 Å². The molecule has 1 aromatic rings. The van der Waals surface area contributed by atoms with Crippen LogP contribution in [0.25, 0.3) is 0 Å². The smallest absolute Gasteiger partial charge is 0.317 e. The maximum Gasteiger partial charge on any atom is 0.317 e. The summed E-state index contributed by atoms with van der Waals surface area (Å²) in [7, 11) is 0. The van der Waals surface area contributed by atoms with Crippen LogP contribution in [0.2, 0.25) is 0 Å². The van der Waals surface area contributed by atoms with Gasteiger partial charge in [-0.3, -0.25) is 9.59 Å². The van der Waals surface area contributed by atoms with E-state index < -0.39 is 0 Å². The zero-order valence-electron chi connectivity index (χ0n) is 13.7. The fourth-order valence-corrected chi connectivity index (χ4v) is 5.49. The van der Waals surface area contributed by atoms with Crippen molar-refractivity contribution in [2.75, 3.05) is 0 Å².